The Labute approximate surface area is 450 Å². The number of unbranched alkanes of at least 4 members (excludes halogenated alkanes) is 49. The number of amides is 1. The van der Waals surface area contributed by atoms with E-state index < -0.39 is 12.1 Å². The molecule has 0 aromatic carbocycles. The van der Waals surface area contributed by atoms with Crippen LogP contribution in [0.4, 0.5) is 0 Å². The molecule has 0 fully saturated rings. The third-order valence-electron chi connectivity index (χ3n) is 15.6. The van der Waals surface area contributed by atoms with Gasteiger partial charge in [-0.3, -0.25) is 9.59 Å². The van der Waals surface area contributed by atoms with E-state index in [9.17, 15) is 19.8 Å². The van der Waals surface area contributed by atoms with Crippen LogP contribution in [-0.4, -0.2) is 47.4 Å². The summed E-state index contributed by atoms with van der Waals surface area (Å²) in [5.74, 6) is -0.0187. The van der Waals surface area contributed by atoms with Crippen molar-refractivity contribution in [3.05, 3.63) is 12.2 Å². The number of aliphatic hydroxyl groups excluding tert-OH is 2. The van der Waals surface area contributed by atoms with Gasteiger partial charge in [-0.05, 0) is 51.4 Å². The Morgan fingerprint density at radius 1 is 0.375 bits per heavy atom. The fraction of sp³-hybridized carbons (Fsp3) is 0.939. The third kappa shape index (κ3) is 57.9. The van der Waals surface area contributed by atoms with Crippen LogP contribution in [0.5, 0.6) is 0 Å². The van der Waals surface area contributed by atoms with Crippen molar-refractivity contribution in [3.8, 4) is 0 Å². The van der Waals surface area contributed by atoms with Gasteiger partial charge in [0.2, 0.25) is 5.91 Å². The first kappa shape index (κ1) is 70.6. The summed E-state index contributed by atoms with van der Waals surface area (Å²) in [6.07, 6.45) is 75.2. The molecule has 0 spiro atoms. The molecule has 1 amide bonds. The molecule has 0 aliphatic heterocycles. The van der Waals surface area contributed by atoms with Gasteiger partial charge in [0.25, 0.3) is 0 Å². The summed E-state index contributed by atoms with van der Waals surface area (Å²) >= 11 is 0. The molecule has 0 heterocycles. The molecule has 0 saturated carbocycles. The van der Waals surface area contributed by atoms with Crippen molar-refractivity contribution in [1.82, 2.24) is 5.32 Å². The predicted molar refractivity (Wildman–Crippen MR) is 315 cm³/mol. The largest absolute Gasteiger partial charge is 0.466 e. The van der Waals surface area contributed by atoms with Gasteiger partial charge in [-0.2, -0.15) is 0 Å². The van der Waals surface area contributed by atoms with Gasteiger partial charge in [-0.15, -0.1) is 0 Å². The number of esters is 1. The maximum absolute atomic E-state index is 12.5. The van der Waals surface area contributed by atoms with Gasteiger partial charge in [0.15, 0.2) is 0 Å². The highest BCUT2D eigenvalue weighted by Crippen LogP contribution is 2.18. The summed E-state index contributed by atoms with van der Waals surface area (Å²) in [5, 5.41) is 23.3. The Bertz CT molecular complexity index is 1080. The maximum Gasteiger partial charge on any atom is 0.305 e. The molecule has 0 radical (unpaired) electrons. The molecule has 0 bridgehead atoms. The van der Waals surface area contributed by atoms with Crippen LogP contribution >= 0.6 is 0 Å². The Hall–Kier alpha value is -1.40. The molecule has 0 aromatic heterocycles. The fourth-order valence-electron chi connectivity index (χ4n) is 10.5. The normalized spacial score (nSPS) is 12.6. The van der Waals surface area contributed by atoms with Crippen molar-refractivity contribution in [2.24, 2.45) is 0 Å². The van der Waals surface area contributed by atoms with E-state index in [0.717, 1.165) is 38.5 Å². The number of carbonyl (C=O) groups excluding carboxylic acids is 2. The zero-order valence-corrected chi connectivity index (χ0v) is 48.9. The highest BCUT2D eigenvalue weighted by atomic mass is 16.5. The van der Waals surface area contributed by atoms with Gasteiger partial charge < -0.3 is 20.3 Å². The van der Waals surface area contributed by atoms with Gasteiger partial charge in [0.05, 0.1) is 25.4 Å². The van der Waals surface area contributed by atoms with E-state index in [1.54, 1.807) is 0 Å². The second-order valence-electron chi connectivity index (χ2n) is 22.8. The number of rotatable bonds is 62. The number of allylic oxidation sites excluding steroid dienone is 2. The lowest BCUT2D eigenvalue weighted by Crippen LogP contribution is -2.45. The van der Waals surface area contributed by atoms with Crippen molar-refractivity contribution in [1.29, 1.82) is 0 Å². The molecule has 2 atom stereocenters. The first-order valence-corrected chi connectivity index (χ1v) is 32.9. The van der Waals surface area contributed by atoms with Gasteiger partial charge in [0.1, 0.15) is 0 Å². The van der Waals surface area contributed by atoms with Crippen LogP contribution in [0.25, 0.3) is 0 Å². The maximum atomic E-state index is 12.5. The molecule has 0 aromatic rings. The smallest absolute Gasteiger partial charge is 0.305 e. The first-order chi connectivity index (χ1) is 35.5. The zero-order valence-electron chi connectivity index (χ0n) is 48.9. The first-order valence-electron chi connectivity index (χ1n) is 32.9. The molecule has 0 rings (SSSR count). The molecular weight excluding hydrogens is 887 g/mol. The summed E-state index contributed by atoms with van der Waals surface area (Å²) in [6, 6.07) is -0.543. The Balaban J connectivity index is 3.39. The van der Waals surface area contributed by atoms with Crippen LogP contribution in [0.1, 0.15) is 373 Å². The van der Waals surface area contributed by atoms with Crippen molar-refractivity contribution < 1.29 is 24.5 Å². The topological polar surface area (TPSA) is 95.9 Å². The minimum atomic E-state index is -0.666. The predicted octanol–water partition coefficient (Wildman–Crippen LogP) is 20.8. The van der Waals surface area contributed by atoms with Crippen molar-refractivity contribution in [2.45, 2.75) is 386 Å². The minimum absolute atomic E-state index is 0.0158. The quantitative estimate of drug-likeness (QED) is 0.0320. The van der Waals surface area contributed by atoms with Crippen molar-refractivity contribution in [3.63, 3.8) is 0 Å². The molecule has 2 unspecified atom stereocenters. The third-order valence-corrected chi connectivity index (χ3v) is 15.6. The van der Waals surface area contributed by atoms with E-state index in [0.29, 0.717) is 25.9 Å². The molecule has 3 N–H and O–H groups in total. The minimum Gasteiger partial charge on any atom is -0.466 e. The van der Waals surface area contributed by atoms with Crippen LogP contribution in [0.2, 0.25) is 0 Å². The monoisotopic (exact) mass is 1020 g/mol. The van der Waals surface area contributed by atoms with E-state index in [2.05, 4.69) is 31.3 Å². The molecular formula is C66H129NO5. The van der Waals surface area contributed by atoms with Crippen LogP contribution in [-0.2, 0) is 14.3 Å². The number of ether oxygens (including phenoxy) is 1. The van der Waals surface area contributed by atoms with E-state index in [1.165, 1.54) is 302 Å². The van der Waals surface area contributed by atoms with Gasteiger partial charge >= 0.3 is 5.97 Å². The van der Waals surface area contributed by atoms with Crippen molar-refractivity contribution in [2.75, 3.05) is 13.2 Å². The van der Waals surface area contributed by atoms with E-state index >= 15 is 0 Å². The molecule has 428 valence electrons. The van der Waals surface area contributed by atoms with Gasteiger partial charge in [-0.25, -0.2) is 0 Å². The lowest BCUT2D eigenvalue weighted by Gasteiger charge is -2.22. The molecule has 72 heavy (non-hydrogen) atoms. The van der Waals surface area contributed by atoms with Crippen LogP contribution in [0.3, 0.4) is 0 Å². The van der Waals surface area contributed by atoms with E-state index in [-0.39, 0.29) is 18.5 Å². The Morgan fingerprint density at radius 2 is 0.653 bits per heavy atom. The Kier molecular flexibility index (Phi) is 60.9. The number of hydrogen-bond acceptors (Lipinski definition) is 5. The van der Waals surface area contributed by atoms with Crippen LogP contribution < -0.4 is 5.32 Å². The van der Waals surface area contributed by atoms with Crippen LogP contribution in [0.15, 0.2) is 12.2 Å². The standard InChI is InChI=1S/C66H129NO5/c1-3-5-7-9-11-13-15-17-18-28-31-35-38-42-46-50-54-58-64(69)63(62-68)67-65(70)59-55-51-47-43-39-36-32-29-26-24-22-20-19-21-23-25-27-30-33-37-41-45-49-53-57-61-72-66(71)60-56-52-48-44-40-34-16-14-12-10-8-6-4-2/h20,22,63-64,68-69H,3-19,21,23-62H2,1-2H3,(H,67,70)/b22-20-. The molecule has 0 aliphatic rings. The summed E-state index contributed by atoms with van der Waals surface area (Å²) in [4.78, 5) is 24.5. The molecule has 6 nitrogen and oxygen atoms in total. The summed E-state index contributed by atoms with van der Waals surface area (Å²) in [6.45, 7) is 4.98. The van der Waals surface area contributed by atoms with Gasteiger partial charge in [0, 0.05) is 12.8 Å². The molecule has 6 heteroatoms. The second kappa shape index (κ2) is 62.1. The van der Waals surface area contributed by atoms with Crippen molar-refractivity contribution >= 4 is 11.9 Å². The van der Waals surface area contributed by atoms with Gasteiger partial charge in [-0.1, -0.05) is 321 Å². The number of aliphatic hydroxyl groups is 2. The van der Waals surface area contributed by atoms with E-state index in [1.807, 2.05) is 0 Å². The number of hydrogen-bond donors (Lipinski definition) is 3. The summed E-state index contributed by atoms with van der Waals surface area (Å²) in [5.41, 5.74) is 0. The Morgan fingerprint density at radius 3 is 0.986 bits per heavy atom. The SMILES string of the molecule is CCCCCCCCCCCCCCCCCCCC(O)C(CO)NC(=O)CCCCCCCCCCC/C=C\CCCCCCCCCCCCCCOC(=O)CCCCCCCCCCCCCCC. The number of nitrogens with one attached hydrogen (secondary N) is 1. The summed E-state index contributed by atoms with van der Waals surface area (Å²) in [7, 11) is 0. The molecule has 0 aliphatic carbocycles. The lowest BCUT2D eigenvalue weighted by atomic mass is 10.0. The highest BCUT2D eigenvalue weighted by Gasteiger charge is 2.20. The molecule has 0 saturated heterocycles. The summed E-state index contributed by atoms with van der Waals surface area (Å²) < 4.78 is 5.48. The zero-order chi connectivity index (χ0) is 52.2. The highest BCUT2D eigenvalue weighted by molar-refractivity contribution is 5.76. The van der Waals surface area contributed by atoms with E-state index in [4.69, 9.17) is 4.74 Å². The number of carbonyl (C=O) groups is 2. The second-order valence-corrected chi connectivity index (χ2v) is 22.8. The lowest BCUT2D eigenvalue weighted by molar-refractivity contribution is -0.143. The fourth-order valence-corrected chi connectivity index (χ4v) is 10.5. The van der Waals surface area contributed by atoms with Crippen LogP contribution in [0, 0.1) is 0 Å². The average Bonchev–Trinajstić information content (AvgIpc) is 3.38. The average molecular weight is 1020 g/mol.